The second-order valence-electron chi connectivity index (χ2n) is 9.71. The Labute approximate surface area is 158 Å². The molecule has 0 spiro atoms. The fraction of sp³-hybridized carbons (Fsp3) is 0.636. The number of nitrogens with zero attached hydrogens (tertiary/aromatic N) is 2. The molecule has 0 fully saturated rings. The van der Waals surface area contributed by atoms with Crippen LogP contribution < -0.4 is 0 Å². The van der Waals surface area contributed by atoms with Crippen molar-refractivity contribution in [1.82, 2.24) is 10.1 Å². The molecule has 4 heteroatoms. The first-order valence-corrected chi connectivity index (χ1v) is 9.08. The summed E-state index contributed by atoms with van der Waals surface area (Å²) in [5.41, 5.74) is -0.204. The minimum atomic E-state index is -0.573. The number of hydrogen-bond donors (Lipinski definition) is 0. The third-order valence-electron chi connectivity index (χ3n) is 4.96. The van der Waals surface area contributed by atoms with E-state index in [4.69, 9.17) is 0 Å². The van der Waals surface area contributed by atoms with Crippen LogP contribution in [0.15, 0.2) is 23.3 Å². The first-order chi connectivity index (χ1) is 11.7. The summed E-state index contributed by atoms with van der Waals surface area (Å²) in [6.45, 7) is 15.4. The monoisotopic (exact) mass is 354 g/mol. The maximum atomic E-state index is 12.4. The van der Waals surface area contributed by atoms with Crippen LogP contribution in [0.5, 0.6) is 0 Å². The van der Waals surface area contributed by atoms with E-state index in [2.05, 4.69) is 23.7 Å². The van der Waals surface area contributed by atoms with Gasteiger partial charge >= 0.3 is 0 Å². The van der Waals surface area contributed by atoms with Crippen molar-refractivity contribution in [1.29, 1.82) is 0 Å². The van der Waals surface area contributed by atoms with Gasteiger partial charge in [-0.1, -0.05) is 24.0 Å². The summed E-state index contributed by atoms with van der Waals surface area (Å²) in [6, 6.07) is 0. The molecule has 2 aliphatic rings. The van der Waals surface area contributed by atoms with Crippen LogP contribution in [-0.4, -0.2) is 32.3 Å². The minimum absolute atomic E-state index is 0.479. The van der Waals surface area contributed by atoms with Crippen molar-refractivity contribution in [2.24, 2.45) is 0 Å². The summed E-state index contributed by atoms with van der Waals surface area (Å²) >= 11 is 0. The van der Waals surface area contributed by atoms with Crippen LogP contribution in [0.3, 0.4) is 0 Å². The third-order valence-corrected chi connectivity index (χ3v) is 4.96. The van der Waals surface area contributed by atoms with Crippen LogP contribution in [0, 0.1) is 23.7 Å². The van der Waals surface area contributed by atoms with E-state index in [-0.39, 0.29) is 0 Å². The molecule has 0 amide bonds. The zero-order valence-electron chi connectivity index (χ0n) is 17.3. The molecule has 0 N–H and O–H groups in total. The van der Waals surface area contributed by atoms with Gasteiger partial charge in [-0.25, -0.2) is 0 Å². The second-order valence-corrected chi connectivity index (χ2v) is 9.71. The highest BCUT2D eigenvalue weighted by Gasteiger charge is 2.42. The summed E-state index contributed by atoms with van der Waals surface area (Å²) < 4.78 is 0. The van der Waals surface area contributed by atoms with Gasteiger partial charge in [0.05, 0.1) is 11.1 Å². The molecule has 2 heterocycles. The Bertz CT molecular complexity index is 695. The normalized spacial score (nSPS) is 26.5. The van der Waals surface area contributed by atoms with E-state index in [1.54, 1.807) is 0 Å². The van der Waals surface area contributed by atoms with Gasteiger partial charge in [-0.15, -0.1) is 20.5 Å². The Balaban J connectivity index is 2.22. The lowest BCUT2D eigenvalue weighted by Gasteiger charge is -2.44. The summed E-state index contributed by atoms with van der Waals surface area (Å²) in [6.07, 6.45) is 5.09. The average molecular weight is 354 g/mol. The third kappa shape index (κ3) is 4.22. The highest BCUT2D eigenvalue weighted by Crippen LogP contribution is 2.36. The van der Waals surface area contributed by atoms with E-state index in [1.807, 2.05) is 67.5 Å². The van der Waals surface area contributed by atoms with Crippen LogP contribution in [0.25, 0.3) is 0 Å². The number of rotatable bonds is 0. The quantitative estimate of drug-likeness (QED) is 0.616. The van der Waals surface area contributed by atoms with Gasteiger partial charge in [-0.3, -0.25) is 0 Å². The largest absolute Gasteiger partial charge is 0.140 e. The lowest BCUT2D eigenvalue weighted by atomic mass is 9.83. The van der Waals surface area contributed by atoms with E-state index < -0.39 is 22.2 Å². The van der Waals surface area contributed by atoms with Crippen molar-refractivity contribution in [3.05, 3.63) is 23.3 Å². The van der Waals surface area contributed by atoms with Crippen LogP contribution in [0.2, 0.25) is 0 Å². The van der Waals surface area contributed by atoms with Gasteiger partial charge in [-0.05, 0) is 67.2 Å². The molecule has 0 saturated carbocycles. The standard InChI is InChI=1S/C22H30N2O2/c1-19(2)13-17(14-20(3,4)23(19)25)11-9-10-12-18-15-21(5,6)24(26)22(7,8)16-18/h13,15H,14,16H2,1-8H3. The van der Waals surface area contributed by atoms with Crippen LogP contribution in [-0.2, 0) is 10.4 Å². The molecule has 26 heavy (non-hydrogen) atoms. The Morgan fingerprint density at radius 3 is 1.27 bits per heavy atom. The molecular formula is C22H30N2O2. The molecule has 0 aliphatic carbocycles. The zero-order chi connectivity index (χ0) is 20.0. The Morgan fingerprint density at radius 2 is 1.00 bits per heavy atom. The lowest BCUT2D eigenvalue weighted by Crippen LogP contribution is -2.54. The summed E-state index contributed by atoms with van der Waals surface area (Å²) in [7, 11) is 0. The van der Waals surface area contributed by atoms with E-state index in [0.717, 1.165) is 21.3 Å². The van der Waals surface area contributed by atoms with Gasteiger partial charge in [0.1, 0.15) is 0 Å². The van der Waals surface area contributed by atoms with Gasteiger partial charge in [0.15, 0.2) is 0 Å². The zero-order valence-corrected chi connectivity index (χ0v) is 17.3. The Kier molecular flexibility index (Phi) is 5.23. The highest BCUT2D eigenvalue weighted by molar-refractivity contribution is 5.45. The fourth-order valence-electron chi connectivity index (χ4n) is 4.09. The molecule has 0 bridgehead atoms. The second kappa shape index (κ2) is 6.55. The minimum Gasteiger partial charge on any atom is -0.140 e. The topological polar surface area (TPSA) is 46.3 Å². The lowest BCUT2D eigenvalue weighted by molar-refractivity contribution is -0.262. The SMILES string of the molecule is CC1(C)C=C(C#CC#CC2=CC(C)(C)N([O])C(C)(C)C2)CC(C)(C)N1[O]. The van der Waals surface area contributed by atoms with Crippen molar-refractivity contribution in [2.45, 2.75) is 90.4 Å². The van der Waals surface area contributed by atoms with Crippen LogP contribution >= 0.6 is 0 Å². The summed E-state index contributed by atoms with van der Waals surface area (Å²) in [5.74, 6) is 12.1. The van der Waals surface area contributed by atoms with Gasteiger partial charge < -0.3 is 0 Å². The highest BCUT2D eigenvalue weighted by atomic mass is 16.5. The van der Waals surface area contributed by atoms with E-state index >= 15 is 0 Å². The van der Waals surface area contributed by atoms with E-state index in [1.165, 1.54) is 0 Å². The van der Waals surface area contributed by atoms with Crippen molar-refractivity contribution in [3.8, 4) is 23.7 Å². The molecule has 0 aromatic carbocycles. The smallest absolute Gasteiger partial charge is 0.0634 e. The maximum absolute atomic E-state index is 12.4. The predicted molar refractivity (Wildman–Crippen MR) is 102 cm³/mol. The van der Waals surface area contributed by atoms with E-state index in [9.17, 15) is 10.4 Å². The molecule has 0 aromatic rings. The Hall–Kier alpha value is -1.56. The maximum Gasteiger partial charge on any atom is 0.0634 e. The summed E-state index contributed by atoms with van der Waals surface area (Å²) in [5, 5.41) is 27.0. The summed E-state index contributed by atoms with van der Waals surface area (Å²) in [4.78, 5) is 0. The first kappa shape index (κ1) is 20.7. The molecule has 0 saturated heterocycles. The fourth-order valence-corrected chi connectivity index (χ4v) is 4.09. The Morgan fingerprint density at radius 1 is 0.692 bits per heavy atom. The van der Waals surface area contributed by atoms with Gasteiger partial charge in [0.25, 0.3) is 0 Å². The molecule has 2 radical (unpaired) electrons. The van der Waals surface area contributed by atoms with Crippen molar-refractivity contribution in [3.63, 3.8) is 0 Å². The molecule has 140 valence electrons. The molecule has 0 unspecified atom stereocenters. The molecular weight excluding hydrogens is 324 g/mol. The number of hydrogen-bond acceptors (Lipinski definition) is 2. The van der Waals surface area contributed by atoms with Gasteiger partial charge in [0, 0.05) is 35.1 Å². The van der Waals surface area contributed by atoms with Crippen molar-refractivity contribution in [2.75, 3.05) is 0 Å². The predicted octanol–water partition coefficient (Wildman–Crippen LogP) is 4.06. The van der Waals surface area contributed by atoms with Crippen LogP contribution in [0.4, 0.5) is 0 Å². The van der Waals surface area contributed by atoms with Gasteiger partial charge in [-0.2, -0.15) is 0 Å². The average Bonchev–Trinajstić information content (AvgIpc) is 2.45. The first-order valence-electron chi connectivity index (χ1n) is 9.08. The molecule has 0 aromatic heterocycles. The molecule has 0 atom stereocenters. The van der Waals surface area contributed by atoms with Crippen LogP contribution in [0.1, 0.15) is 68.2 Å². The van der Waals surface area contributed by atoms with Crippen molar-refractivity contribution >= 4 is 0 Å². The molecule has 4 nitrogen and oxygen atoms in total. The van der Waals surface area contributed by atoms with Gasteiger partial charge in [0.2, 0.25) is 0 Å². The molecule has 2 rings (SSSR count). The van der Waals surface area contributed by atoms with Crippen molar-refractivity contribution < 1.29 is 10.4 Å². The molecule has 2 aliphatic heterocycles. The van der Waals surface area contributed by atoms with E-state index in [0.29, 0.717) is 12.8 Å². The number of hydroxylamine groups is 4.